The molecule has 4 rings (SSSR count). The zero-order valence-electron chi connectivity index (χ0n) is 11.5. The fraction of sp³-hybridized carbons (Fsp3) is 0.250. The predicted molar refractivity (Wildman–Crippen MR) is 78.9 cm³/mol. The molecular formula is C16H15N3O2. The summed E-state index contributed by atoms with van der Waals surface area (Å²) >= 11 is 0. The maximum Gasteiger partial charge on any atom is 0.283 e. The molecule has 0 unspecified atom stereocenters. The minimum Gasteiger partial charge on any atom is -0.459 e. The SMILES string of the molecule is c1coc(-c2nnc(-c3ccc(N4CCCC4)cc3)o2)c1. The van der Waals surface area contributed by atoms with Crippen LogP contribution >= 0.6 is 0 Å². The highest BCUT2D eigenvalue weighted by atomic mass is 16.4. The molecule has 3 aromatic rings. The molecule has 0 N–H and O–H groups in total. The number of rotatable bonds is 3. The monoisotopic (exact) mass is 281 g/mol. The van der Waals surface area contributed by atoms with E-state index >= 15 is 0 Å². The Hall–Kier alpha value is -2.56. The Labute approximate surface area is 122 Å². The maximum atomic E-state index is 5.65. The van der Waals surface area contributed by atoms with Crippen LogP contribution in [0.3, 0.4) is 0 Å². The quantitative estimate of drug-likeness (QED) is 0.734. The van der Waals surface area contributed by atoms with Crippen LogP contribution in [0.1, 0.15) is 12.8 Å². The average Bonchev–Trinajstić information content (AvgIpc) is 3.27. The molecule has 0 aliphatic carbocycles. The molecule has 0 atom stereocenters. The average molecular weight is 281 g/mol. The molecule has 1 aliphatic rings. The Morgan fingerprint density at radius 3 is 2.38 bits per heavy atom. The van der Waals surface area contributed by atoms with Crippen LogP contribution < -0.4 is 4.90 Å². The zero-order chi connectivity index (χ0) is 14.1. The predicted octanol–water partition coefficient (Wildman–Crippen LogP) is 3.60. The van der Waals surface area contributed by atoms with Crippen LogP contribution in [0.4, 0.5) is 5.69 Å². The van der Waals surface area contributed by atoms with Gasteiger partial charge in [0, 0.05) is 24.3 Å². The van der Waals surface area contributed by atoms with Crippen LogP contribution in [0.5, 0.6) is 0 Å². The van der Waals surface area contributed by atoms with Gasteiger partial charge in [-0.15, -0.1) is 10.2 Å². The van der Waals surface area contributed by atoms with Crippen LogP contribution in [0.2, 0.25) is 0 Å². The van der Waals surface area contributed by atoms with Crippen molar-refractivity contribution in [3.05, 3.63) is 42.7 Å². The first kappa shape index (κ1) is 12.2. The van der Waals surface area contributed by atoms with Crippen molar-refractivity contribution in [2.75, 3.05) is 18.0 Å². The molecule has 21 heavy (non-hydrogen) atoms. The molecule has 0 spiro atoms. The standard InChI is InChI=1S/C16H15N3O2/c1-2-10-19(9-1)13-7-5-12(6-8-13)15-17-18-16(21-15)14-4-3-11-20-14/h3-8,11H,1-2,9-10H2. The molecule has 0 saturated carbocycles. The molecule has 2 aromatic heterocycles. The number of benzene rings is 1. The molecule has 1 aliphatic heterocycles. The van der Waals surface area contributed by atoms with Gasteiger partial charge in [-0.3, -0.25) is 0 Å². The Kier molecular flexibility index (Phi) is 2.96. The Morgan fingerprint density at radius 2 is 1.67 bits per heavy atom. The van der Waals surface area contributed by atoms with E-state index in [0.717, 1.165) is 18.7 Å². The Morgan fingerprint density at radius 1 is 0.905 bits per heavy atom. The van der Waals surface area contributed by atoms with Gasteiger partial charge in [-0.05, 0) is 49.2 Å². The molecular weight excluding hydrogens is 266 g/mol. The summed E-state index contributed by atoms with van der Waals surface area (Å²) in [5, 5.41) is 8.09. The maximum absolute atomic E-state index is 5.65. The van der Waals surface area contributed by atoms with Gasteiger partial charge in [0.1, 0.15) is 0 Å². The van der Waals surface area contributed by atoms with Gasteiger partial charge in [0.15, 0.2) is 5.76 Å². The van der Waals surface area contributed by atoms with Gasteiger partial charge in [-0.2, -0.15) is 0 Å². The normalized spacial score (nSPS) is 14.8. The van der Waals surface area contributed by atoms with E-state index < -0.39 is 0 Å². The molecule has 1 saturated heterocycles. The summed E-state index contributed by atoms with van der Waals surface area (Å²) in [6.45, 7) is 2.28. The number of anilines is 1. The van der Waals surface area contributed by atoms with Gasteiger partial charge >= 0.3 is 0 Å². The Bertz CT molecular complexity index is 710. The number of hydrogen-bond acceptors (Lipinski definition) is 5. The van der Waals surface area contributed by atoms with Crippen LogP contribution in [0.25, 0.3) is 23.1 Å². The summed E-state index contributed by atoms with van der Waals surface area (Å²) in [6.07, 6.45) is 4.14. The molecule has 0 bridgehead atoms. The topological polar surface area (TPSA) is 55.3 Å². The van der Waals surface area contributed by atoms with Crippen molar-refractivity contribution in [1.82, 2.24) is 10.2 Å². The lowest BCUT2D eigenvalue weighted by Gasteiger charge is -2.17. The highest BCUT2D eigenvalue weighted by Crippen LogP contribution is 2.27. The zero-order valence-corrected chi connectivity index (χ0v) is 11.5. The largest absolute Gasteiger partial charge is 0.459 e. The van der Waals surface area contributed by atoms with Gasteiger partial charge in [0.2, 0.25) is 5.89 Å². The molecule has 106 valence electrons. The second kappa shape index (κ2) is 5.09. The summed E-state index contributed by atoms with van der Waals surface area (Å²) in [4.78, 5) is 2.39. The molecule has 5 heteroatoms. The summed E-state index contributed by atoms with van der Waals surface area (Å²) in [6, 6.07) is 11.9. The van der Waals surface area contributed by atoms with E-state index in [9.17, 15) is 0 Å². The third-order valence-corrected chi connectivity index (χ3v) is 3.74. The molecule has 0 radical (unpaired) electrons. The van der Waals surface area contributed by atoms with Gasteiger partial charge in [-0.25, -0.2) is 0 Å². The highest BCUT2D eigenvalue weighted by Gasteiger charge is 2.14. The van der Waals surface area contributed by atoms with Crippen molar-refractivity contribution in [2.45, 2.75) is 12.8 Å². The molecule has 1 fully saturated rings. The first-order valence-electron chi connectivity index (χ1n) is 7.13. The fourth-order valence-electron chi connectivity index (χ4n) is 2.63. The lowest BCUT2D eigenvalue weighted by molar-refractivity contribution is 0.523. The first-order valence-corrected chi connectivity index (χ1v) is 7.13. The van der Waals surface area contributed by atoms with Crippen LogP contribution in [0, 0.1) is 0 Å². The van der Waals surface area contributed by atoms with Crippen molar-refractivity contribution in [2.24, 2.45) is 0 Å². The molecule has 5 nitrogen and oxygen atoms in total. The third kappa shape index (κ3) is 2.31. The summed E-state index contributed by atoms with van der Waals surface area (Å²) in [7, 11) is 0. The number of aromatic nitrogens is 2. The smallest absolute Gasteiger partial charge is 0.283 e. The van der Waals surface area contributed by atoms with Gasteiger partial charge in [-0.1, -0.05) is 0 Å². The number of furan rings is 1. The molecule has 1 aromatic carbocycles. The number of hydrogen-bond donors (Lipinski definition) is 0. The minimum atomic E-state index is 0.401. The second-order valence-electron chi connectivity index (χ2n) is 5.13. The van der Waals surface area contributed by atoms with E-state index in [1.807, 2.05) is 12.1 Å². The second-order valence-corrected chi connectivity index (χ2v) is 5.13. The van der Waals surface area contributed by atoms with Crippen molar-refractivity contribution in [1.29, 1.82) is 0 Å². The van der Waals surface area contributed by atoms with Gasteiger partial charge < -0.3 is 13.7 Å². The van der Waals surface area contributed by atoms with Crippen LogP contribution in [-0.2, 0) is 0 Å². The van der Waals surface area contributed by atoms with E-state index in [-0.39, 0.29) is 0 Å². The first-order chi connectivity index (χ1) is 10.4. The van der Waals surface area contributed by atoms with Crippen molar-refractivity contribution < 1.29 is 8.83 Å². The lowest BCUT2D eigenvalue weighted by Crippen LogP contribution is -2.17. The van der Waals surface area contributed by atoms with Gasteiger partial charge in [0.25, 0.3) is 5.89 Å². The van der Waals surface area contributed by atoms with Gasteiger partial charge in [0.05, 0.1) is 6.26 Å². The summed E-state index contributed by atoms with van der Waals surface area (Å²) in [5.74, 6) is 1.50. The van der Waals surface area contributed by atoms with Crippen molar-refractivity contribution in [3.63, 3.8) is 0 Å². The van der Waals surface area contributed by atoms with E-state index in [4.69, 9.17) is 8.83 Å². The van der Waals surface area contributed by atoms with E-state index in [0.29, 0.717) is 17.5 Å². The van der Waals surface area contributed by atoms with Crippen LogP contribution in [0.15, 0.2) is 51.5 Å². The highest BCUT2D eigenvalue weighted by molar-refractivity contribution is 5.60. The van der Waals surface area contributed by atoms with Crippen LogP contribution in [-0.4, -0.2) is 23.3 Å². The molecule has 0 amide bonds. The lowest BCUT2D eigenvalue weighted by atomic mass is 10.2. The Balaban J connectivity index is 1.58. The van der Waals surface area contributed by atoms with E-state index in [2.05, 4.69) is 27.2 Å². The fourth-order valence-corrected chi connectivity index (χ4v) is 2.63. The third-order valence-electron chi connectivity index (χ3n) is 3.74. The minimum absolute atomic E-state index is 0.401. The molecule has 3 heterocycles. The van der Waals surface area contributed by atoms with E-state index in [1.165, 1.54) is 18.5 Å². The number of nitrogens with zero attached hydrogens (tertiary/aromatic N) is 3. The van der Waals surface area contributed by atoms with Crippen molar-refractivity contribution >= 4 is 5.69 Å². The van der Waals surface area contributed by atoms with E-state index in [1.54, 1.807) is 18.4 Å². The summed E-state index contributed by atoms with van der Waals surface area (Å²) < 4.78 is 10.9. The van der Waals surface area contributed by atoms with Crippen molar-refractivity contribution in [3.8, 4) is 23.1 Å². The summed E-state index contributed by atoms with van der Waals surface area (Å²) in [5.41, 5.74) is 2.17.